The lowest BCUT2D eigenvalue weighted by atomic mass is 10.1. The molecule has 0 bridgehead atoms. The predicted molar refractivity (Wildman–Crippen MR) is 85.9 cm³/mol. The third kappa shape index (κ3) is 4.55. The summed E-state index contributed by atoms with van der Waals surface area (Å²) in [5.74, 6) is 0. The molecule has 19 heavy (non-hydrogen) atoms. The third-order valence-corrected chi connectivity index (χ3v) is 6.29. The molecule has 6 heteroatoms. The van der Waals surface area contributed by atoms with Crippen molar-refractivity contribution in [3.63, 3.8) is 0 Å². The molecule has 0 spiro atoms. The van der Waals surface area contributed by atoms with Gasteiger partial charge >= 0.3 is 0 Å². The number of hydrogen-bond donors (Lipinski definition) is 1. The zero-order valence-corrected chi connectivity index (χ0v) is 15.3. The average Bonchev–Trinajstić information content (AvgIpc) is 2.32. The van der Waals surface area contributed by atoms with Crippen molar-refractivity contribution in [3.8, 4) is 0 Å². The Bertz CT molecular complexity index is 544. The first kappa shape index (κ1) is 17.1. The molecule has 3 nitrogen and oxygen atoms in total. The van der Waals surface area contributed by atoms with E-state index in [9.17, 15) is 8.42 Å². The molecule has 108 valence electrons. The highest BCUT2D eigenvalue weighted by atomic mass is 79.9. The lowest BCUT2D eigenvalue weighted by Crippen LogP contribution is -2.34. The molecule has 0 aliphatic rings. The number of hydrogen-bond acceptors (Lipinski definition) is 2. The van der Waals surface area contributed by atoms with Gasteiger partial charge in [0.05, 0.1) is 4.90 Å². The van der Waals surface area contributed by atoms with Crippen LogP contribution in [0.5, 0.6) is 0 Å². The van der Waals surface area contributed by atoms with E-state index in [-0.39, 0.29) is 10.9 Å². The number of nitrogens with one attached hydrogen (secondary N) is 1. The van der Waals surface area contributed by atoms with Gasteiger partial charge in [-0.15, -0.1) is 0 Å². The van der Waals surface area contributed by atoms with Crippen LogP contribution in [-0.2, 0) is 10.0 Å². The minimum atomic E-state index is -3.49. The second-order valence-electron chi connectivity index (χ2n) is 4.55. The summed E-state index contributed by atoms with van der Waals surface area (Å²) in [4.78, 5) is 0.277. The molecule has 0 heterocycles. The largest absolute Gasteiger partial charge is 0.241 e. The molecule has 0 saturated heterocycles. The number of rotatable bonds is 6. The van der Waals surface area contributed by atoms with Gasteiger partial charge in [-0.2, -0.15) is 0 Å². The molecule has 0 fully saturated rings. The van der Waals surface area contributed by atoms with Crippen molar-refractivity contribution >= 4 is 41.9 Å². The molecule has 1 aromatic rings. The van der Waals surface area contributed by atoms with Crippen LogP contribution < -0.4 is 4.72 Å². The molecule has 1 atom stereocenters. The first-order chi connectivity index (χ1) is 8.81. The van der Waals surface area contributed by atoms with Crippen molar-refractivity contribution in [2.24, 2.45) is 0 Å². The Morgan fingerprint density at radius 3 is 2.37 bits per heavy atom. The topological polar surface area (TPSA) is 46.2 Å². The van der Waals surface area contributed by atoms with Crippen LogP contribution in [0.25, 0.3) is 0 Å². The maximum Gasteiger partial charge on any atom is 0.241 e. The van der Waals surface area contributed by atoms with E-state index < -0.39 is 10.0 Å². The Morgan fingerprint density at radius 1 is 1.21 bits per heavy atom. The molecule has 0 aliphatic carbocycles. The van der Waals surface area contributed by atoms with Crippen LogP contribution in [0.1, 0.15) is 38.7 Å². The molecule has 0 aromatic heterocycles. The number of sulfonamides is 1. The summed E-state index contributed by atoms with van der Waals surface area (Å²) >= 11 is 6.70. The van der Waals surface area contributed by atoms with Crippen LogP contribution in [0.4, 0.5) is 0 Å². The van der Waals surface area contributed by atoms with Gasteiger partial charge in [-0.05, 0) is 53.4 Å². The molecular formula is C13H19Br2NO2S. The van der Waals surface area contributed by atoms with Crippen LogP contribution in [0, 0.1) is 6.92 Å². The van der Waals surface area contributed by atoms with E-state index in [1.807, 2.05) is 13.8 Å². The van der Waals surface area contributed by atoms with Gasteiger partial charge in [0, 0.05) is 15.0 Å². The standard InChI is InChI=1S/C13H19Br2NO2S/c1-4-6-10(5-2)16-19(17,18)13-8-11(14)9(3)7-12(13)15/h7-8,10,16H,4-6H2,1-3H3. The normalized spacial score (nSPS) is 13.5. The van der Waals surface area contributed by atoms with Crippen molar-refractivity contribution in [2.75, 3.05) is 0 Å². The monoisotopic (exact) mass is 411 g/mol. The first-order valence-electron chi connectivity index (χ1n) is 6.29. The summed E-state index contributed by atoms with van der Waals surface area (Å²) in [7, 11) is -3.49. The molecule has 0 aliphatic heterocycles. The van der Waals surface area contributed by atoms with Gasteiger partial charge in [-0.1, -0.05) is 36.2 Å². The van der Waals surface area contributed by atoms with Crippen molar-refractivity contribution in [2.45, 2.75) is 51.0 Å². The van der Waals surface area contributed by atoms with Crippen LogP contribution >= 0.6 is 31.9 Å². The van der Waals surface area contributed by atoms with Crippen LogP contribution in [0.15, 0.2) is 26.0 Å². The summed E-state index contributed by atoms with van der Waals surface area (Å²) in [5, 5.41) is 0. The maximum atomic E-state index is 12.4. The van der Waals surface area contributed by atoms with Gasteiger partial charge in [0.25, 0.3) is 0 Å². The van der Waals surface area contributed by atoms with Gasteiger partial charge in [0.1, 0.15) is 0 Å². The second-order valence-corrected chi connectivity index (χ2v) is 7.94. The van der Waals surface area contributed by atoms with Gasteiger partial charge in [0.2, 0.25) is 10.0 Å². The molecule has 1 unspecified atom stereocenters. The Morgan fingerprint density at radius 2 is 1.84 bits per heavy atom. The predicted octanol–water partition coefficient (Wildman–Crippen LogP) is 4.38. The van der Waals surface area contributed by atoms with Crippen molar-refractivity contribution in [3.05, 3.63) is 26.6 Å². The van der Waals surface area contributed by atoms with Gasteiger partial charge in [-0.3, -0.25) is 0 Å². The number of halogens is 2. The summed E-state index contributed by atoms with van der Waals surface area (Å²) in [6.07, 6.45) is 2.60. The summed E-state index contributed by atoms with van der Waals surface area (Å²) in [6.45, 7) is 5.96. The zero-order valence-electron chi connectivity index (χ0n) is 11.3. The maximum absolute atomic E-state index is 12.4. The van der Waals surface area contributed by atoms with Gasteiger partial charge in [0.15, 0.2) is 0 Å². The van der Waals surface area contributed by atoms with E-state index in [4.69, 9.17) is 0 Å². The summed E-state index contributed by atoms with van der Waals surface area (Å²) in [5.41, 5.74) is 0.992. The smallest absolute Gasteiger partial charge is 0.208 e. The molecule has 1 N–H and O–H groups in total. The average molecular weight is 413 g/mol. The van der Waals surface area contributed by atoms with E-state index in [0.29, 0.717) is 4.47 Å². The quantitative estimate of drug-likeness (QED) is 0.753. The molecule has 1 aromatic carbocycles. The van der Waals surface area contributed by atoms with E-state index in [2.05, 4.69) is 43.5 Å². The van der Waals surface area contributed by atoms with Crippen LogP contribution in [0.2, 0.25) is 0 Å². The minimum absolute atomic E-state index is 0.0121. The highest BCUT2D eigenvalue weighted by Crippen LogP contribution is 2.29. The second kappa shape index (κ2) is 7.20. The molecule has 0 radical (unpaired) electrons. The van der Waals surface area contributed by atoms with E-state index in [0.717, 1.165) is 29.3 Å². The lowest BCUT2D eigenvalue weighted by molar-refractivity contribution is 0.512. The summed E-state index contributed by atoms with van der Waals surface area (Å²) in [6, 6.07) is 3.43. The molecule has 0 saturated carbocycles. The third-order valence-electron chi connectivity index (χ3n) is 2.95. The number of benzene rings is 1. The molecular weight excluding hydrogens is 394 g/mol. The van der Waals surface area contributed by atoms with E-state index in [1.165, 1.54) is 0 Å². The Hall–Kier alpha value is 0.0900. The molecule has 1 rings (SSSR count). The fourth-order valence-electron chi connectivity index (χ4n) is 1.81. The van der Waals surface area contributed by atoms with Crippen molar-refractivity contribution < 1.29 is 8.42 Å². The number of aryl methyl sites for hydroxylation is 1. The Kier molecular flexibility index (Phi) is 6.50. The molecule has 0 amide bonds. The highest BCUT2D eigenvalue weighted by Gasteiger charge is 2.22. The fraction of sp³-hybridized carbons (Fsp3) is 0.538. The lowest BCUT2D eigenvalue weighted by Gasteiger charge is -2.17. The minimum Gasteiger partial charge on any atom is -0.208 e. The van der Waals surface area contributed by atoms with Crippen molar-refractivity contribution in [1.29, 1.82) is 0 Å². The van der Waals surface area contributed by atoms with E-state index >= 15 is 0 Å². The SMILES string of the molecule is CCCC(CC)NS(=O)(=O)c1cc(Br)c(C)cc1Br. The highest BCUT2D eigenvalue weighted by molar-refractivity contribution is 9.11. The van der Waals surface area contributed by atoms with E-state index in [1.54, 1.807) is 12.1 Å². The zero-order chi connectivity index (χ0) is 14.6. The van der Waals surface area contributed by atoms with Gasteiger partial charge in [-0.25, -0.2) is 13.1 Å². The Labute approximate surface area is 132 Å². The van der Waals surface area contributed by atoms with Crippen LogP contribution in [0.3, 0.4) is 0 Å². The Balaban J connectivity index is 3.10. The summed E-state index contributed by atoms with van der Waals surface area (Å²) < 4.78 is 28.9. The van der Waals surface area contributed by atoms with Crippen LogP contribution in [-0.4, -0.2) is 14.5 Å². The van der Waals surface area contributed by atoms with Crippen molar-refractivity contribution in [1.82, 2.24) is 4.72 Å². The van der Waals surface area contributed by atoms with Gasteiger partial charge < -0.3 is 0 Å². The fourth-order valence-corrected chi connectivity index (χ4v) is 4.84. The first-order valence-corrected chi connectivity index (χ1v) is 9.36.